The standard InChI is InChI=1S/C26H33NO4/c1-4-8-19(2)17-21-12-14-22(15-13-21)20(3)18-25(28)27-23-9-5-6-10-24(23)31-16-7-11-26(29)30/h5-6,9-10,12-15,18-19H,4,7-8,11,16-17H2,1-3H3,(H,27,28)(H,29,30). The van der Waals surface area contributed by atoms with E-state index in [0.717, 1.165) is 17.6 Å². The van der Waals surface area contributed by atoms with E-state index in [2.05, 4.69) is 43.4 Å². The zero-order chi connectivity index (χ0) is 22.6. The van der Waals surface area contributed by atoms with Crippen LogP contribution >= 0.6 is 0 Å². The summed E-state index contributed by atoms with van der Waals surface area (Å²) in [5, 5.41) is 11.6. The fraction of sp³-hybridized carbons (Fsp3) is 0.385. The minimum absolute atomic E-state index is 0.0484. The Morgan fingerprint density at radius 2 is 1.84 bits per heavy atom. The quantitative estimate of drug-likeness (QED) is 0.327. The van der Waals surface area contributed by atoms with Crippen LogP contribution in [-0.2, 0) is 16.0 Å². The van der Waals surface area contributed by atoms with E-state index in [4.69, 9.17) is 9.84 Å². The Balaban J connectivity index is 1.97. The van der Waals surface area contributed by atoms with Crippen LogP contribution in [0.25, 0.3) is 5.57 Å². The van der Waals surface area contributed by atoms with Gasteiger partial charge in [0, 0.05) is 12.5 Å². The Kier molecular flexibility index (Phi) is 9.82. The van der Waals surface area contributed by atoms with Crippen molar-refractivity contribution in [3.05, 3.63) is 65.7 Å². The van der Waals surface area contributed by atoms with E-state index in [1.807, 2.05) is 19.1 Å². The number of hydrogen-bond acceptors (Lipinski definition) is 3. The molecule has 1 unspecified atom stereocenters. The molecular weight excluding hydrogens is 390 g/mol. The summed E-state index contributed by atoms with van der Waals surface area (Å²) in [7, 11) is 0. The van der Waals surface area contributed by atoms with Crippen molar-refractivity contribution in [1.29, 1.82) is 0 Å². The monoisotopic (exact) mass is 423 g/mol. The van der Waals surface area contributed by atoms with Gasteiger partial charge in [0.2, 0.25) is 5.91 Å². The normalized spacial score (nSPS) is 12.3. The highest BCUT2D eigenvalue weighted by Crippen LogP contribution is 2.24. The second-order valence-electron chi connectivity index (χ2n) is 7.95. The van der Waals surface area contributed by atoms with Gasteiger partial charge in [0.25, 0.3) is 0 Å². The fourth-order valence-corrected chi connectivity index (χ4v) is 3.45. The van der Waals surface area contributed by atoms with E-state index >= 15 is 0 Å². The number of anilines is 1. The molecule has 0 aromatic heterocycles. The number of carboxylic acid groups (broad SMARTS) is 1. The Bertz CT molecular complexity index is 887. The molecule has 0 aliphatic rings. The number of carbonyl (C=O) groups is 2. The topological polar surface area (TPSA) is 75.6 Å². The molecular formula is C26H33NO4. The lowest BCUT2D eigenvalue weighted by molar-refractivity contribution is -0.137. The van der Waals surface area contributed by atoms with E-state index in [-0.39, 0.29) is 18.9 Å². The number of hydrogen-bond donors (Lipinski definition) is 2. The predicted octanol–water partition coefficient (Wildman–Crippen LogP) is 5.95. The number of carboxylic acids is 1. The van der Waals surface area contributed by atoms with Crippen LogP contribution in [0, 0.1) is 5.92 Å². The first-order chi connectivity index (χ1) is 14.9. The van der Waals surface area contributed by atoms with Gasteiger partial charge in [-0.25, -0.2) is 0 Å². The molecule has 0 saturated heterocycles. The largest absolute Gasteiger partial charge is 0.491 e. The summed E-state index contributed by atoms with van der Waals surface area (Å²) in [5.41, 5.74) is 3.77. The summed E-state index contributed by atoms with van der Waals surface area (Å²) in [6.45, 7) is 6.68. The lowest BCUT2D eigenvalue weighted by atomic mass is 9.95. The van der Waals surface area contributed by atoms with E-state index in [9.17, 15) is 9.59 Å². The molecule has 0 saturated carbocycles. The van der Waals surface area contributed by atoms with Crippen LogP contribution in [-0.4, -0.2) is 23.6 Å². The number of nitrogens with one attached hydrogen (secondary N) is 1. The van der Waals surface area contributed by atoms with Gasteiger partial charge in [-0.15, -0.1) is 0 Å². The molecule has 0 aliphatic carbocycles. The number of aliphatic carboxylic acids is 1. The van der Waals surface area contributed by atoms with Crippen molar-refractivity contribution in [2.45, 2.75) is 52.9 Å². The molecule has 2 N–H and O–H groups in total. The third kappa shape index (κ3) is 8.67. The molecule has 1 amide bonds. The molecule has 0 aliphatic heterocycles. The van der Waals surface area contributed by atoms with Crippen molar-refractivity contribution in [3.63, 3.8) is 0 Å². The van der Waals surface area contributed by atoms with Gasteiger partial charge in [-0.05, 0) is 54.5 Å². The molecule has 0 bridgehead atoms. The SMILES string of the molecule is CCCC(C)Cc1ccc(C(C)=CC(=O)Nc2ccccc2OCCCC(=O)O)cc1. The summed E-state index contributed by atoms with van der Waals surface area (Å²) >= 11 is 0. The van der Waals surface area contributed by atoms with Gasteiger partial charge in [-0.2, -0.15) is 0 Å². The van der Waals surface area contributed by atoms with Crippen LogP contribution < -0.4 is 10.1 Å². The van der Waals surface area contributed by atoms with Crippen molar-refractivity contribution in [2.75, 3.05) is 11.9 Å². The molecule has 2 rings (SSSR count). The number of amides is 1. The highest BCUT2D eigenvalue weighted by Gasteiger charge is 2.08. The highest BCUT2D eigenvalue weighted by atomic mass is 16.5. The molecule has 0 fully saturated rings. The smallest absolute Gasteiger partial charge is 0.303 e. The maximum absolute atomic E-state index is 12.5. The maximum atomic E-state index is 12.5. The van der Waals surface area contributed by atoms with Gasteiger partial charge in [0.1, 0.15) is 5.75 Å². The third-order valence-corrected chi connectivity index (χ3v) is 5.06. The zero-order valence-corrected chi connectivity index (χ0v) is 18.7. The number of benzene rings is 2. The first kappa shape index (κ1) is 24.2. The van der Waals surface area contributed by atoms with Crippen molar-refractivity contribution in [1.82, 2.24) is 0 Å². The van der Waals surface area contributed by atoms with E-state index in [1.54, 1.807) is 18.2 Å². The molecule has 1 atom stereocenters. The van der Waals surface area contributed by atoms with Gasteiger partial charge in [-0.1, -0.05) is 63.1 Å². The summed E-state index contributed by atoms with van der Waals surface area (Å²) in [5.74, 6) is 0.108. The van der Waals surface area contributed by atoms with Crippen LogP contribution in [0.5, 0.6) is 5.75 Å². The minimum Gasteiger partial charge on any atom is -0.491 e. The molecule has 0 spiro atoms. The van der Waals surface area contributed by atoms with Crippen LogP contribution in [0.2, 0.25) is 0 Å². The first-order valence-corrected chi connectivity index (χ1v) is 10.9. The molecule has 2 aromatic carbocycles. The van der Waals surface area contributed by atoms with Crippen LogP contribution in [0.1, 0.15) is 57.6 Å². The number of rotatable bonds is 12. The molecule has 5 heteroatoms. The molecule has 2 aromatic rings. The number of para-hydroxylation sites is 2. The second-order valence-corrected chi connectivity index (χ2v) is 7.95. The number of ether oxygens (including phenoxy) is 1. The van der Waals surface area contributed by atoms with Crippen LogP contribution in [0.3, 0.4) is 0 Å². The van der Waals surface area contributed by atoms with Gasteiger partial charge < -0.3 is 15.2 Å². The highest BCUT2D eigenvalue weighted by molar-refractivity contribution is 6.04. The summed E-state index contributed by atoms with van der Waals surface area (Å²) < 4.78 is 5.64. The Morgan fingerprint density at radius 3 is 2.52 bits per heavy atom. The Hall–Kier alpha value is -3.08. The molecule has 0 radical (unpaired) electrons. The fourth-order valence-electron chi connectivity index (χ4n) is 3.45. The van der Waals surface area contributed by atoms with Crippen molar-refractivity contribution >= 4 is 23.1 Å². The minimum atomic E-state index is -0.852. The molecule has 0 heterocycles. The predicted molar refractivity (Wildman–Crippen MR) is 125 cm³/mol. The number of allylic oxidation sites excluding steroid dienone is 1. The van der Waals surface area contributed by atoms with Crippen molar-refractivity contribution in [2.24, 2.45) is 5.92 Å². The summed E-state index contributed by atoms with van der Waals surface area (Å²) in [6.07, 6.45) is 5.53. The molecule has 31 heavy (non-hydrogen) atoms. The number of carbonyl (C=O) groups excluding carboxylic acids is 1. The Labute approximate surface area is 185 Å². The third-order valence-electron chi connectivity index (χ3n) is 5.06. The van der Waals surface area contributed by atoms with Gasteiger partial charge >= 0.3 is 5.97 Å². The van der Waals surface area contributed by atoms with E-state index < -0.39 is 5.97 Å². The van der Waals surface area contributed by atoms with Gasteiger partial charge in [0.05, 0.1) is 12.3 Å². The summed E-state index contributed by atoms with van der Waals surface area (Å²) in [4.78, 5) is 23.1. The van der Waals surface area contributed by atoms with Crippen molar-refractivity contribution in [3.8, 4) is 5.75 Å². The molecule has 5 nitrogen and oxygen atoms in total. The lowest BCUT2D eigenvalue weighted by Gasteiger charge is -2.12. The Morgan fingerprint density at radius 1 is 1.13 bits per heavy atom. The average molecular weight is 424 g/mol. The van der Waals surface area contributed by atoms with Crippen molar-refractivity contribution < 1.29 is 19.4 Å². The average Bonchev–Trinajstić information content (AvgIpc) is 2.72. The van der Waals surface area contributed by atoms with Gasteiger partial charge in [-0.3, -0.25) is 9.59 Å². The second kappa shape index (κ2) is 12.6. The van der Waals surface area contributed by atoms with Gasteiger partial charge in [0.15, 0.2) is 0 Å². The maximum Gasteiger partial charge on any atom is 0.303 e. The van der Waals surface area contributed by atoms with E-state index in [1.165, 1.54) is 18.4 Å². The first-order valence-electron chi connectivity index (χ1n) is 10.9. The summed E-state index contributed by atoms with van der Waals surface area (Å²) in [6, 6.07) is 15.5. The van der Waals surface area contributed by atoms with E-state index in [0.29, 0.717) is 23.8 Å². The van der Waals surface area contributed by atoms with Crippen LogP contribution in [0.15, 0.2) is 54.6 Å². The molecule has 166 valence electrons. The lowest BCUT2D eigenvalue weighted by Crippen LogP contribution is -2.11. The van der Waals surface area contributed by atoms with Crippen LogP contribution in [0.4, 0.5) is 5.69 Å². The zero-order valence-electron chi connectivity index (χ0n) is 18.7.